The maximum Gasteiger partial charge on any atom is 0.416 e. The van der Waals surface area contributed by atoms with Crippen LogP contribution in [-0.4, -0.2) is 30.0 Å². The van der Waals surface area contributed by atoms with Crippen LogP contribution < -0.4 is 0 Å². The molecule has 154 valence electrons. The zero-order valence-corrected chi connectivity index (χ0v) is 18.0. The highest BCUT2D eigenvalue weighted by molar-refractivity contribution is 9.10. The van der Waals surface area contributed by atoms with Crippen LogP contribution in [0.15, 0.2) is 32.0 Å². The van der Waals surface area contributed by atoms with Crippen LogP contribution in [0, 0.1) is 0 Å². The van der Waals surface area contributed by atoms with Crippen LogP contribution in [-0.2, 0) is 27.2 Å². The van der Waals surface area contributed by atoms with Crippen molar-refractivity contribution >= 4 is 26.0 Å². The lowest BCUT2D eigenvalue weighted by Gasteiger charge is -2.25. The van der Waals surface area contributed by atoms with Crippen molar-refractivity contribution in [1.82, 2.24) is 14.5 Å². The SMILES string of the molecule is CN(C1(c2nnc(C(C)(C)C)o2)CC1)S(=O)(=O)c1ccc(C(F)(F)F)cc1Br. The second-order valence-corrected chi connectivity index (χ2v) is 10.6. The third kappa shape index (κ3) is 3.59. The summed E-state index contributed by atoms with van der Waals surface area (Å²) in [4.78, 5) is -0.259. The van der Waals surface area contributed by atoms with Crippen LogP contribution in [0.3, 0.4) is 0 Å². The molecule has 11 heteroatoms. The quantitative estimate of drug-likeness (QED) is 0.644. The molecule has 1 heterocycles. The summed E-state index contributed by atoms with van der Waals surface area (Å²) in [7, 11) is -2.74. The Morgan fingerprint density at radius 1 is 1.18 bits per heavy atom. The van der Waals surface area contributed by atoms with E-state index in [0.29, 0.717) is 18.7 Å². The first-order valence-electron chi connectivity index (χ1n) is 8.40. The topological polar surface area (TPSA) is 76.3 Å². The molecule has 0 amide bonds. The van der Waals surface area contributed by atoms with Gasteiger partial charge in [-0.25, -0.2) is 8.42 Å². The molecule has 0 aliphatic heterocycles. The number of halogens is 4. The van der Waals surface area contributed by atoms with Crippen molar-refractivity contribution in [3.05, 3.63) is 40.0 Å². The Bertz CT molecular complexity index is 1010. The van der Waals surface area contributed by atoms with E-state index in [1.54, 1.807) is 0 Å². The fourth-order valence-corrected chi connectivity index (χ4v) is 5.31. The van der Waals surface area contributed by atoms with Crippen molar-refractivity contribution < 1.29 is 26.0 Å². The van der Waals surface area contributed by atoms with Gasteiger partial charge in [-0.05, 0) is 47.0 Å². The Kier molecular flexibility index (Phi) is 4.96. The molecule has 0 spiro atoms. The molecule has 28 heavy (non-hydrogen) atoms. The number of rotatable bonds is 4. The predicted octanol–water partition coefficient (Wildman–Crippen LogP) is 4.46. The Morgan fingerprint density at radius 2 is 1.79 bits per heavy atom. The normalized spacial score (nSPS) is 17.2. The molecule has 0 bridgehead atoms. The molecule has 6 nitrogen and oxygen atoms in total. The molecule has 0 radical (unpaired) electrons. The third-order valence-corrected chi connectivity index (χ3v) is 7.59. The van der Waals surface area contributed by atoms with E-state index in [0.717, 1.165) is 22.5 Å². The van der Waals surface area contributed by atoms with Crippen molar-refractivity contribution in [3.8, 4) is 0 Å². The molecule has 0 unspecified atom stereocenters. The van der Waals surface area contributed by atoms with Gasteiger partial charge in [0.2, 0.25) is 21.8 Å². The molecule has 1 aromatic carbocycles. The first-order chi connectivity index (χ1) is 12.7. The van der Waals surface area contributed by atoms with E-state index in [1.165, 1.54) is 7.05 Å². The number of hydrogen-bond donors (Lipinski definition) is 0. The molecular formula is C17H19BrF3N3O3S. The van der Waals surface area contributed by atoms with E-state index >= 15 is 0 Å². The highest BCUT2D eigenvalue weighted by Crippen LogP contribution is 2.52. The molecule has 1 aliphatic rings. The highest BCUT2D eigenvalue weighted by Gasteiger charge is 2.57. The molecule has 1 aliphatic carbocycles. The molecular weight excluding hydrogens is 463 g/mol. The fraction of sp³-hybridized carbons (Fsp3) is 0.529. The van der Waals surface area contributed by atoms with Crippen molar-refractivity contribution in [3.63, 3.8) is 0 Å². The minimum atomic E-state index is -4.57. The Labute approximate surface area is 169 Å². The molecule has 3 rings (SSSR count). The Balaban J connectivity index is 1.97. The highest BCUT2D eigenvalue weighted by atomic mass is 79.9. The summed E-state index contributed by atoms with van der Waals surface area (Å²) in [6.07, 6.45) is -3.61. The second kappa shape index (κ2) is 6.53. The maximum absolute atomic E-state index is 13.1. The average molecular weight is 482 g/mol. The van der Waals surface area contributed by atoms with Gasteiger partial charge in [0, 0.05) is 16.9 Å². The zero-order chi connectivity index (χ0) is 21.1. The largest absolute Gasteiger partial charge is 0.423 e. The summed E-state index contributed by atoms with van der Waals surface area (Å²) in [6.45, 7) is 5.68. The van der Waals surface area contributed by atoms with Gasteiger partial charge >= 0.3 is 6.18 Å². The summed E-state index contributed by atoms with van der Waals surface area (Å²) < 4.78 is 71.5. The molecule has 2 aromatic rings. The minimum absolute atomic E-state index is 0.161. The number of sulfonamides is 1. The van der Waals surface area contributed by atoms with Gasteiger partial charge in [-0.1, -0.05) is 20.8 Å². The van der Waals surface area contributed by atoms with Crippen LogP contribution in [0.2, 0.25) is 0 Å². The van der Waals surface area contributed by atoms with Crippen LogP contribution in [0.5, 0.6) is 0 Å². The summed E-state index contributed by atoms with van der Waals surface area (Å²) in [5, 5.41) is 8.05. The Hall–Kier alpha value is -1.46. The summed E-state index contributed by atoms with van der Waals surface area (Å²) >= 11 is 2.96. The minimum Gasteiger partial charge on any atom is -0.423 e. The molecule has 1 fully saturated rings. The monoisotopic (exact) mass is 481 g/mol. The van der Waals surface area contributed by atoms with Gasteiger partial charge < -0.3 is 4.42 Å². The molecule has 0 atom stereocenters. The van der Waals surface area contributed by atoms with Crippen LogP contribution in [0.1, 0.15) is 51.0 Å². The van der Waals surface area contributed by atoms with Crippen molar-refractivity contribution in [1.29, 1.82) is 0 Å². The number of nitrogens with zero attached hydrogens (tertiary/aromatic N) is 3. The second-order valence-electron chi connectivity index (χ2n) is 7.81. The molecule has 1 saturated carbocycles. The lowest BCUT2D eigenvalue weighted by Crippen LogP contribution is -2.37. The van der Waals surface area contributed by atoms with Crippen molar-refractivity contribution in [2.45, 2.75) is 55.6 Å². The van der Waals surface area contributed by atoms with Crippen LogP contribution in [0.4, 0.5) is 13.2 Å². The molecule has 0 N–H and O–H groups in total. The van der Waals surface area contributed by atoms with E-state index in [9.17, 15) is 21.6 Å². The van der Waals surface area contributed by atoms with Crippen LogP contribution in [0.25, 0.3) is 0 Å². The van der Waals surface area contributed by atoms with E-state index in [1.807, 2.05) is 20.8 Å². The molecule has 1 aromatic heterocycles. The first-order valence-corrected chi connectivity index (χ1v) is 10.6. The van der Waals surface area contributed by atoms with E-state index in [4.69, 9.17) is 4.42 Å². The summed E-state index contributed by atoms with van der Waals surface area (Å²) in [5.41, 5.74) is -2.32. The van der Waals surface area contributed by atoms with E-state index < -0.39 is 32.7 Å². The number of aromatic nitrogens is 2. The zero-order valence-electron chi connectivity index (χ0n) is 15.6. The van der Waals surface area contributed by atoms with E-state index in [-0.39, 0.29) is 15.3 Å². The lowest BCUT2D eigenvalue weighted by molar-refractivity contribution is -0.137. The number of benzene rings is 1. The summed E-state index contributed by atoms with van der Waals surface area (Å²) in [6, 6.07) is 2.45. The maximum atomic E-state index is 13.1. The van der Waals surface area contributed by atoms with Gasteiger partial charge in [0.05, 0.1) is 10.5 Å². The van der Waals surface area contributed by atoms with Crippen LogP contribution >= 0.6 is 15.9 Å². The van der Waals surface area contributed by atoms with Gasteiger partial charge in [-0.2, -0.15) is 17.5 Å². The van der Waals surface area contributed by atoms with Gasteiger partial charge in [0.25, 0.3) is 0 Å². The third-order valence-electron chi connectivity index (χ3n) is 4.69. The van der Waals surface area contributed by atoms with Crippen molar-refractivity contribution in [2.75, 3.05) is 7.05 Å². The number of hydrogen-bond acceptors (Lipinski definition) is 5. The first kappa shape index (κ1) is 21.3. The fourth-order valence-electron chi connectivity index (χ4n) is 2.76. The molecule has 0 saturated heterocycles. The number of alkyl halides is 3. The van der Waals surface area contributed by atoms with E-state index in [2.05, 4.69) is 26.1 Å². The average Bonchev–Trinajstić information content (AvgIpc) is 3.20. The van der Waals surface area contributed by atoms with Gasteiger partial charge in [0.15, 0.2) is 0 Å². The lowest BCUT2D eigenvalue weighted by atomic mass is 9.97. The van der Waals surface area contributed by atoms with Gasteiger partial charge in [-0.15, -0.1) is 10.2 Å². The predicted molar refractivity (Wildman–Crippen MR) is 98.0 cm³/mol. The van der Waals surface area contributed by atoms with Crippen molar-refractivity contribution in [2.24, 2.45) is 0 Å². The van der Waals surface area contributed by atoms with Gasteiger partial charge in [-0.3, -0.25) is 0 Å². The summed E-state index contributed by atoms with van der Waals surface area (Å²) in [5.74, 6) is 0.571. The smallest absolute Gasteiger partial charge is 0.416 e. The van der Waals surface area contributed by atoms with Gasteiger partial charge in [0.1, 0.15) is 5.54 Å². The standard InChI is InChI=1S/C17H19BrF3N3O3S/c1-15(2,3)13-22-23-14(27-13)16(7-8-16)24(4)28(25,26)12-6-5-10(9-11(12)18)17(19,20)21/h5-6,9H,7-8H2,1-4H3. The Morgan fingerprint density at radius 3 is 2.21 bits per heavy atom.